The van der Waals surface area contributed by atoms with Gasteiger partial charge in [-0.1, -0.05) is 33.1 Å². The maximum Gasteiger partial charge on any atom is 0.241 e. The largest absolute Gasteiger partial charge is 0.352 e. The third-order valence-corrected chi connectivity index (χ3v) is 6.40. The standard InChI is InChI=1S/C13H25NO3S/c1-5-10(2)11(3)14-12(15)13(18(4,16)17)8-6-7-9-13/h10-11H,5-9H2,1-4H3,(H,14,15)/t10-,11-/m1/s1. The van der Waals surface area contributed by atoms with Crippen LogP contribution in [0.15, 0.2) is 0 Å². The fourth-order valence-corrected chi connectivity index (χ4v) is 3.97. The minimum atomic E-state index is -3.35. The third-order valence-electron chi connectivity index (χ3n) is 4.39. The number of amides is 1. The maximum absolute atomic E-state index is 12.4. The van der Waals surface area contributed by atoms with Gasteiger partial charge in [-0.2, -0.15) is 0 Å². The second-order valence-corrected chi connectivity index (χ2v) is 7.95. The summed E-state index contributed by atoms with van der Waals surface area (Å²) >= 11 is 0. The Kier molecular flexibility index (Phi) is 4.81. The van der Waals surface area contributed by atoms with E-state index in [1.54, 1.807) is 0 Å². The molecule has 0 aromatic rings. The summed E-state index contributed by atoms with van der Waals surface area (Å²) in [5, 5.41) is 2.90. The second kappa shape index (κ2) is 5.59. The molecule has 0 bridgehead atoms. The van der Waals surface area contributed by atoms with Crippen molar-refractivity contribution in [2.45, 2.75) is 63.7 Å². The molecule has 18 heavy (non-hydrogen) atoms. The molecule has 0 spiro atoms. The van der Waals surface area contributed by atoms with Gasteiger partial charge in [0.2, 0.25) is 5.91 Å². The quantitative estimate of drug-likeness (QED) is 0.833. The van der Waals surface area contributed by atoms with Crippen molar-refractivity contribution in [3.05, 3.63) is 0 Å². The predicted octanol–water partition coefficient (Wildman–Crippen LogP) is 1.89. The van der Waals surface area contributed by atoms with Gasteiger partial charge >= 0.3 is 0 Å². The van der Waals surface area contributed by atoms with Crippen LogP contribution in [0, 0.1) is 5.92 Å². The minimum Gasteiger partial charge on any atom is -0.352 e. The lowest BCUT2D eigenvalue weighted by Gasteiger charge is -2.29. The number of carbonyl (C=O) groups excluding carboxylic acids is 1. The zero-order valence-electron chi connectivity index (χ0n) is 11.8. The zero-order chi connectivity index (χ0) is 14.0. The fourth-order valence-electron chi connectivity index (χ4n) is 2.55. The van der Waals surface area contributed by atoms with Crippen molar-refractivity contribution in [2.75, 3.05) is 6.26 Å². The Hall–Kier alpha value is -0.580. The van der Waals surface area contributed by atoms with Crippen LogP contribution < -0.4 is 5.32 Å². The monoisotopic (exact) mass is 275 g/mol. The van der Waals surface area contributed by atoms with E-state index >= 15 is 0 Å². The zero-order valence-corrected chi connectivity index (χ0v) is 12.6. The Morgan fingerprint density at radius 3 is 2.17 bits per heavy atom. The molecule has 1 fully saturated rings. The first-order valence-electron chi connectivity index (χ1n) is 6.75. The van der Waals surface area contributed by atoms with Gasteiger partial charge in [-0.05, 0) is 25.7 Å². The fraction of sp³-hybridized carbons (Fsp3) is 0.923. The first-order valence-corrected chi connectivity index (χ1v) is 8.64. The van der Waals surface area contributed by atoms with Crippen LogP contribution in [-0.2, 0) is 14.6 Å². The molecule has 2 atom stereocenters. The van der Waals surface area contributed by atoms with Crippen LogP contribution in [0.1, 0.15) is 52.9 Å². The van der Waals surface area contributed by atoms with Gasteiger partial charge in [-0.3, -0.25) is 4.79 Å². The third kappa shape index (κ3) is 2.87. The highest BCUT2D eigenvalue weighted by Gasteiger charge is 2.50. The summed E-state index contributed by atoms with van der Waals surface area (Å²) in [6.45, 7) is 6.07. The van der Waals surface area contributed by atoms with Crippen LogP contribution in [0.2, 0.25) is 0 Å². The van der Waals surface area contributed by atoms with Crippen molar-refractivity contribution < 1.29 is 13.2 Å². The number of hydrogen-bond donors (Lipinski definition) is 1. The van der Waals surface area contributed by atoms with E-state index in [1.807, 2.05) is 6.92 Å². The Bertz CT molecular complexity index is 396. The van der Waals surface area contributed by atoms with Crippen LogP contribution in [-0.4, -0.2) is 31.4 Å². The van der Waals surface area contributed by atoms with E-state index < -0.39 is 14.6 Å². The van der Waals surface area contributed by atoms with Crippen molar-refractivity contribution in [2.24, 2.45) is 5.92 Å². The first-order chi connectivity index (χ1) is 8.24. The summed E-state index contributed by atoms with van der Waals surface area (Å²) in [5.41, 5.74) is 0. The summed E-state index contributed by atoms with van der Waals surface area (Å²) in [5.74, 6) is 0.0577. The normalized spacial score (nSPS) is 22.4. The average molecular weight is 275 g/mol. The number of nitrogens with one attached hydrogen (secondary N) is 1. The predicted molar refractivity (Wildman–Crippen MR) is 73.1 cm³/mol. The molecular weight excluding hydrogens is 250 g/mol. The molecule has 0 radical (unpaired) electrons. The number of sulfone groups is 1. The molecule has 0 aromatic carbocycles. The Morgan fingerprint density at radius 1 is 1.28 bits per heavy atom. The molecule has 0 aromatic heterocycles. The highest BCUT2D eigenvalue weighted by molar-refractivity contribution is 7.92. The van der Waals surface area contributed by atoms with Gasteiger partial charge in [-0.25, -0.2) is 8.42 Å². The van der Waals surface area contributed by atoms with Crippen molar-refractivity contribution >= 4 is 15.7 Å². The maximum atomic E-state index is 12.4. The van der Waals surface area contributed by atoms with Crippen molar-refractivity contribution in [1.29, 1.82) is 0 Å². The molecular formula is C13H25NO3S. The summed E-state index contributed by atoms with van der Waals surface area (Å²) in [6, 6.07) is 0.0155. The highest BCUT2D eigenvalue weighted by atomic mass is 32.2. The topological polar surface area (TPSA) is 63.2 Å². The summed E-state index contributed by atoms with van der Waals surface area (Å²) in [6.07, 6.45) is 4.71. The summed E-state index contributed by atoms with van der Waals surface area (Å²) in [4.78, 5) is 12.4. The molecule has 1 saturated carbocycles. The van der Waals surface area contributed by atoms with Crippen LogP contribution in [0.4, 0.5) is 0 Å². The molecule has 1 rings (SSSR count). The Balaban J connectivity index is 2.86. The van der Waals surface area contributed by atoms with Gasteiger partial charge in [-0.15, -0.1) is 0 Å². The molecule has 4 nitrogen and oxygen atoms in total. The van der Waals surface area contributed by atoms with E-state index in [1.165, 1.54) is 6.26 Å². The molecule has 1 N–H and O–H groups in total. The molecule has 1 aliphatic carbocycles. The highest BCUT2D eigenvalue weighted by Crippen LogP contribution is 2.36. The minimum absolute atomic E-state index is 0.0155. The molecule has 0 heterocycles. The molecule has 5 heteroatoms. The Labute approximate surface area is 110 Å². The van der Waals surface area contributed by atoms with Gasteiger partial charge in [0.05, 0.1) is 0 Å². The van der Waals surface area contributed by atoms with E-state index in [9.17, 15) is 13.2 Å². The molecule has 0 unspecified atom stereocenters. The van der Waals surface area contributed by atoms with Crippen molar-refractivity contribution in [3.63, 3.8) is 0 Å². The first kappa shape index (κ1) is 15.5. The SMILES string of the molecule is CC[C@@H](C)[C@@H](C)NC(=O)C1(S(C)(=O)=O)CCCC1. The van der Waals surface area contributed by atoms with E-state index in [4.69, 9.17) is 0 Å². The van der Waals surface area contributed by atoms with Gasteiger partial charge in [0.1, 0.15) is 4.75 Å². The van der Waals surface area contributed by atoms with E-state index in [-0.39, 0.29) is 11.9 Å². The van der Waals surface area contributed by atoms with Crippen LogP contribution in [0.3, 0.4) is 0 Å². The van der Waals surface area contributed by atoms with Crippen LogP contribution in [0.25, 0.3) is 0 Å². The van der Waals surface area contributed by atoms with Crippen molar-refractivity contribution in [3.8, 4) is 0 Å². The van der Waals surface area contributed by atoms with Crippen LogP contribution >= 0.6 is 0 Å². The van der Waals surface area contributed by atoms with Crippen LogP contribution in [0.5, 0.6) is 0 Å². The lowest BCUT2D eigenvalue weighted by Crippen LogP contribution is -2.53. The number of carbonyl (C=O) groups is 1. The lowest BCUT2D eigenvalue weighted by molar-refractivity contribution is -0.124. The molecule has 106 valence electrons. The molecule has 0 saturated heterocycles. The molecule has 1 amide bonds. The van der Waals surface area contributed by atoms with Gasteiger partial charge < -0.3 is 5.32 Å². The summed E-state index contributed by atoms with van der Waals surface area (Å²) in [7, 11) is -3.35. The van der Waals surface area contributed by atoms with Gasteiger partial charge in [0, 0.05) is 12.3 Å². The smallest absolute Gasteiger partial charge is 0.241 e. The van der Waals surface area contributed by atoms with E-state index in [2.05, 4.69) is 19.2 Å². The van der Waals surface area contributed by atoms with Crippen molar-refractivity contribution in [1.82, 2.24) is 5.32 Å². The number of hydrogen-bond acceptors (Lipinski definition) is 3. The number of rotatable bonds is 5. The molecule has 0 aliphatic heterocycles. The van der Waals surface area contributed by atoms with Gasteiger partial charge in [0.15, 0.2) is 9.84 Å². The second-order valence-electron chi connectivity index (χ2n) is 5.62. The summed E-state index contributed by atoms with van der Waals surface area (Å²) < 4.78 is 22.7. The molecule has 1 aliphatic rings. The van der Waals surface area contributed by atoms with E-state index in [0.29, 0.717) is 18.8 Å². The van der Waals surface area contributed by atoms with E-state index in [0.717, 1.165) is 19.3 Å². The Morgan fingerprint density at radius 2 is 1.78 bits per heavy atom. The lowest BCUT2D eigenvalue weighted by atomic mass is 9.99. The van der Waals surface area contributed by atoms with Gasteiger partial charge in [0.25, 0.3) is 0 Å². The average Bonchev–Trinajstić information content (AvgIpc) is 2.77.